The lowest BCUT2D eigenvalue weighted by Gasteiger charge is -2.14. The molecule has 1 fully saturated rings. The van der Waals surface area contributed by atoms with Crippen molar-refractivity contribution >= 4 is 5.91 Å². The first-order chi connectivity index (χ1) is 6.74. The van der Waals surface area contributed by atoms with Crippen molar-refractivity contribution in [3.63, 3.8) is 0 Å². The SMILES string of the molecule is COCC(C)CNC(=O)C1CCCN1. The molecule has 1 rings (SSSR count). The lowest BCUT2D eigenvalue weighted by molar-refractivity contribution is -0.123. The van der Waals surface area contributed by atoms with E-state index in [0.29, 0.717) is 19.1 Å². The van der Waals surface area contributed by atoms with Crippen LogP contribution in [0.4, 0.5) is 0 Å². The van der Waals surface area contributed by atoms with Gasteiger partial charge in [0.05, 0.1) is 12.6 Å². The predicted molar refractivity (Wildman–Crippen MR) is 55.1 cm³/mol. The van der Waals surface area contributed by atoms with Crippen LogP contribution in [0.3, 0.4) is 0 Å². The summed E-state index contributed by atoms with van der Waals surface area (Å²) in [6.07, 6.45) is 2.07. The van der Waals surface area contributed by atoms with Gasteiger partial charge in [0.2, 0.25) is 5.91 Å². The lowest BCUT2D eigenvalue weighted by Crippen LogP contribution is -2.42. The molecule has 0 bridgehead atoms. The minimum atomic E-state index is 0.0322. The first-order valence-electron chi connectivity index (χ1n) is 5.24. The molecule has 0 radical (unpaired) electrons. The fraction of sp³-hybridized carbons (Fsp3) is 0.900. The predicted octanol–water partition coefficient (Wildman–Crippen LogP) is 0.137. The Morgan fingerprint density at radius 3 is 3.07 bits per heavy atom. The molecule has 4 heteroatoms. The Morgan fingerprint density at radius 1 is 1.71 bits per heavy atom. The number of methoxy groups -OCH3 is 1. The van der Waals surface area contributed by atoms with Gasteiger partial charge in [-0.05, 0) is 25.3 Å². The van der Waals surface area contributed by atoms with Crippen LogP contribution in [0.1, 0.15) is 19.8 Å². The summed E-state index contributed by atoms with van der Waals surface area (Å²) in [7, 11) is 1.68. The highest BCUT2D eigenvalue weighted by atomic mass is 16.5. The largest absolute Gasteiger partial charge is 0.384 e. The summed E-state index contributed by atoms with van der Waals surface area (Å²) in [6, 6.07) is 0.0322. The van der Waals surface area contributed by atoms with Crippen LogP contribution in [0, 0.1) is 5.92 Å². The van der Waals surface area contributed by atoms with Gasteiger partial charge in [0.25, 0.3) is 0 Å². The minimum Gasteiger partial charge on any atom is -0.384 e. The second kappa shape index (κ2) is 5.98. The molecule has 14 heavy (non-hydrogen) atoms. The highest BCUT2D eigenvalue weighted by Gasteiger charge is 2.21. The van der Waals surface area contributed by atoms with Crippen molar-refractivity contribution in [2.75, 3.05) is 26.8 Å². The Morgan fingerprint density at radius 2 is 2.50 bits per heavy atom. The molecule has 0 aromatic rings. The van der Waals surface area contributed by atoms with Crippen LogP contribution in [-0.4, -0.2) is 38.8 Å². The number of hydrogen-bond donors (Lipinski definition) is 2. The summed E-state index contributed by atoms with van der Waals surface area (Å²) in [5.41, 5.74) is 0. The van der Waals surface area contributed by atoms with E-state index >= 15 is 0 Å². The zero-order chi connectivity index (χ0) is 10.4. The Hall–Kier alpha value is -0.610. The van der Waals surface area contributed by atoms with Gasteiger partial charge in [-0.25, -0.2) is 0 Å². The lowest BCUT2D eigenvalue weighted by atomic mass is 10.2. The fourth-order valence-electron chi connectivity index (χ4n) is 1.65. The van der Waals surface area contributed by atoms with Crippen LogP contribution in [0.5, 0.6) is 0 Å². The molecule has 0 aliphatic carbocycles. The first-order valence-corrected chi connectivity index (χ1v) is 5.24. The summed E-state index contributed by atoms with van der Waals surface area (Å²) in [4.78, 5) is 11.5. The Bertz CT molecular complexity index is 179. The van der Waals surface area contributed by atoms with Crippen molar-refractivity contribution in [2.45, 2.75) is 25.8 Å². The average molecular weight is 200 g/mol. The molecule has 82 valence electrons. The monoisotopic (exact) mass is 200 g/mol. The molecule has 0 saturated carbocycles. The molecule has 0 aromatic heterocycles. The van der Waals surface area contributed by atoms with Crippen molar-refractivity contribution in [1.82, 2.24) is 10.6 Å². The standard InChI is InChI=1S/C10H20N2O2/c1-8(7-14-2)6-12-10(13)9-4-3-5-11-9/h8-9,11H,3-7H2,1-2H3,(H,12,13). The zero-order valence-electron chi connectivity index (χ0n) is 9.01. The summed E-state index contributed by atoms with van der Waals surface area (Å²) in [5, 5.41) is 6.10. The van der Waals surface area contributed by atoms with Crippen LogP contribution in [0.15, 0.2) is 0 Å². The molecule has 1 aliphatic rings. The average Bonchev–Trinajstić information content (AvgIpc) is 2.67. The Balaban J connectivity index is 2.13. The Labute approximate surface area is 85.4 Å². The maximum absolute atomic E-state index is 11.5. The van der Waals surface area contributed by atoms with E-state index in [9.17, 15) is 4.79 Å². The number of carbonyl (C=O) groups is 1. The quantitative estimate of drug-likeness (QED) is 0.663. The molecule has 2 atom stereocenters. The van der Waals surface area contributed by atoms with E-state index in [0.717, 1.165) is 19.4 Å². The summed E-state index contributed by atoms with van der Waals surface area (Å²) < 4.78 is 4.99. The van der Waals surface area contributed by atoms with Gasteiger partial charge in [0.1, 0.15) is 0 Å². The molecule has 2 unspecified atom stereocenters. The zero-order valence-corrected chi connectivity index (χ0v) is 9.01. The molecule has 1 aliphatic heterocycles. The second-order valence-corrected chi connectivity index (χ2v) is 3.95. The van der Waals surface area contributed by atoms with Crippen molar-refractivity contribution in [2.24, 2.45) is 5.92 Å². The third kappa shape index (κ3) is 3.64. The van der Waals surface area contributed by atoms with Gasteiger partial charge in [0, 0.05) is 13.7 Å². The smallest absolute Gasteiger partial charge is 0.237 e. The summed E-state index contributed by atoms with van der Waals surface area (Å²) >= 11 is 0. The highest BCUT2D eigenvalue weighted by molar-refractivity contribution is 5.81. The molecule has 4 nitrogen and oxygen atoms in total. The molecule has 1 amide bonds. The maximum atomic E-state index is 11.5. The highest BCUT2D eigenvalue weighted by Crippen LogP contribution is 2.04. The van der Waals surface area contributed by atoms with E-state index < -0.39 is 0 Å². The topological polar surface area (TPSA) is 50.4 Å². The molecule has 0 spiro atoms. The Kier molecular flexibility index (Phi) is 4.90. The van der Waals surface area contributed by atoms with Gasteiger partial charge >= 0.3 is 0 Å². The number of rotatable bonds is 5. The van der Waals surface area contributed by atoms with Crippen LogP contribution >= 0.6 is 0 Å². The maximum Gasteiger partial charge on any atom is 0.237 e. The van der Waals surface area contributed by atoms with E-state index in [1.54, 1.807) is 7.11 Å². The third-order valence-electron chi connectivity index (χ3n) is 2.45. The molecule has 2 N–H and O–H groups in total. The van der Waals surface area contributed by atoms with E-state index in [1.165, 1.54) is 0 Å². The van der Waals surface area contributed by atoms with Gasteiger partial charge in [-0.15, -0.1) is 0 Å². The second-order valence-electron chi connectivity index (χ2n) is 3.95. The van der Waals surface area contributed by atoms with E-state index in [2.05, 4.69) is 17.6 Å². The van der Waals surface area contributed by atoms with Gasteiger partial charge in [-0.1, -0.05) is 6.92 Å². The first kappa shape index (κ1) is 11.5. The van der Waals surface area contributed by atoms with Gasteiger partial charge < -0.3 is 15.4 Å². The van der Waals surface area contributed by atoms with Crippen molar-refractivity contribution in [1.29, 1.82) is 0 Å². The summed E-state index contributed by atoms with van der Waals surface area (Å²) in [5.74, 6) is 0.510. The van der Waals surface area contributed by atoms with Gasteiger partial charge in [-0.2, -0.15) is 0 Å². The molecule has 1 saturated heterocycles. The number of carbonyl (C=O) groups excluding carboxylic acids is 1. The van der Waals surface area contributed by atoms with Crippen molar-refractivity contribution in [3.8, 4) is 0 Å². The number of hydrogen-bond acceptors (Lipinski definition) is 3. The van der Waals surface area contributed by atoms with Crippen molar-refractivity contribution in [3.05, 3.63) is 0 Å². The molecular formula is C10H20N2O2. The van der Waals surface area contributed by atoms with Gasteiger partial charge in [0.15, 0.2) is 0 Å². The van der Waals surface area contributed by atoms with Gasteiger partial charge in [-0.3, -0.25) is 4.79 Å². The molecule has 0 aromatic carbocycles. The van der Waals surface area contributed by atoms with Crippen LogP contribution in [0.2, 0.25) is 0 Å². The molecule has 1 heterocycles. The van der Waals surface area contributed by atoms with E-state index in [-0.39, 0.29) is 11.9 Å². The third-order valence-corrected chi connectivity index (χ3v) is 2.45. The van der Waals surface area contributed by atoms with Crippen LogP contribution in [-0.2, 0) is 9.53 Å². The molecular weight excluding hydrogens is 180 g/mol. The van der Waals surface area contributed by atoms with E-state index in [4.69, 9.17) is 4.74 Å². The summed E-state index contributed by atoms with van der Waals surface area (Å²) in [6.45, 7) is 4.42. The number of ether oxygens (including phenoxy) is 1. The number of amides is 1. The van der Waals surface area contributed by atoms with E-state index in [1.807, 2.05) is 0 Å². The fourth-order valence-corrected chi connectivity index (χ4v) is 1.65. The van der Waals surface area contributed by atoms with Crippen LogP contribution in [0.25, 0.3) is 0 Å². The number of nitrogens with one attached hydrogen (secondary N) is 2. The van der Waals surface area contributed by atoms with Crippen LogP contribution < -0.4 is 10.6 Å². The minimum absolute atomic E-state index is 0.0322. The normalized spacial score (nSPS) is 23.4. The van der Waals surface area contributed by atoms with Crippen molar-refractivity contribution < 1.29 is 9.53 Å².